The molecular weight excluding hydrogens is 236 g/mol. The lowest BCUT2D eigenvalue weighted by Crippen LogP contribution is -2.37. The Morgan fingerprint density at radius 3 is 3.11 bits per heavy atom. The Bertz CT molecular complexity index is 550. The van der Waals surface area contributed by atoms with Crippen LogP contribution in [0, 0.1) is 0 Å². The van der Waals surface area contributed by atoms with E-state index in [4.69, 9.17) is 4.74 Å². The molecule has 1 aromatic heterocycles. The van der Waals surface area contributed by atoms with Gasteiger partial charge in [0.1, 0.15) is 0 Å². The molecule has 0 radical (unpaired) electrons. The Labute approximate surface area is 114 Å². The first-order valence-electron chi connectivity index (χ1n) is 7.00. The van der Waals surface area contributed by atoms with Crippen molar-refractivity contribution in [2.75, 3.05) is 6.61 Å². The van der Waals surface area contributed by atoms with Gasteiger partial charge in [-0.1, -0.05) is 18.2 Å². The van der Waals surface area contributed by atoms with Crippen LogP contribution in [0.25, 0.3) is 10.9 Å². The van der Waals surface area contributed by atoms with E-state index in [9.17, 15) is 0 Å². The average molecular weight is 256 g/mol. The predicted molar refractivity (Wildman–Crippen MR) is 77.0 cm³/mol. The lowest BCUT2D eigenvalue weighted by Gasteiger charge is -2.28. The van der Waals surface area contributed by atoms with E-state index >= 15 is 0 Å². The molecule has 0 bridgehead atoms. The second kappa shape index (κ2) is 5.68. The van der Waals surface area contributed by atoms with Gasteiger partial charge in [-0.15, -0.1) is 0 Å². The number of aromatic nitrogens is 1. The van der Waals surface area contributed by atoms with E-state index < -0.39 is 0 Å². The first kappa shape index (κ1) is 12.6. The molecule has 0 amide bonds. The van der Waals surface area contributed by atoms with Crippen molar-refractivity contribution >= 4 is 10.9 Å². The Balaban J connectivity index is 1.71. The van der Waals surface area contributed by atoms with Gasteiger partial charge < -0.3 is 10.1 Å². The van der Waals surface area contributed by atoms with Gasteiger partial charge in [0.2, 0.25) is 0 Å². The molecule has 0 spiro atoms. The minimum Gasteiger partial charge on any atom is -0.378 e. The van der Waals surface area contributed by atoms with Crippen LogP contribution in [0.3, 0.4) is 0 Å². The summed E-state index contributed by atoms with van der Waals surface area (Å²) in [5, 5.41) is 4.90. The highest BCUT2D eigenvalue weighted by Crippen LogP contribution is 2.18. The van der Waals surface area contributed by atoms with Gasteiger partial charge in [-0.2, -0.15) is 0 Å². The number of nitrogens with zero attached hydrogens (tertiary/aromatic N) is 1. The van der Waals surface area contributed by atoms with Crippen molar-refractivity contribution < 1.29 is 4.74 Å². The van der Waals surface area contributed by atoms with Crippen molar-refractivity contribution in [2.45, 2.75) is 38.5 Å². The smallest absolute Gasteiger partial charge is 0.0705 e. The van der Waals surface area contributed by atoms with Crippen molar-refractivity contribution in [1.29, 1.82) is 0 Å². The molecule has 1 aromatic carbocycles. The molecule has 3 rings (SSSR count). The minimum atomic E-state index is 0.375. The lowest BCUT2D eigenvalue weighted by molar-refractivity contribution is 0.0130. The second-order valence-corrected chi connectivity index (χ2v) is 5.27. The monoisotopic (exact) mass is 256 g/mol. The van der Waals surface area contributed by atoms with Crippen LogP contribution in [0.5, 0.6) is 0 Å². The van der Waals surface area contributed by atoms with Gasteiger partial charge in [0.05, 0.1) is 11.6 Å². The summed E-state index contributed by atoms with van der Waals surface area (Å²) in [6, 6.07) is 11.0. The van der Waals surface area contributed by atoms with Gasteiger partial charge in [-0.3, -0.25) is 4.98 Å². The molecule has 2 atom stereocenters. The van der Waals surface area contributed by atoms with Crippen LogP contribution in [0.15, 0.2) is 36.5 Å². The van der Waals surface area contributed by atoms with Gasteiger partial charge in [0, 0.05) is 30.8 Å². The maximum atomic E-state index is 5.58. The molecule has 1 saturated heterocycles. The van der Waals surface area contributed by atoms with Crippen LogP contribution in [-0.4, -0.2) is 23.7 Å². The fourth-order valence-corrected chi connectivity index (χ4v) is 2.75. The number of hydrogen-bond acceptors (Lipinski definition) is 3. The van der Waals surface area contributed by atoms with Gasteiger partial charge in [-0.25, -0.2) is 0 Å². The summed E-state index contributed by atoms with van der Waals surface area (Å²) >= 11 is 0. The number of hydrogen-bond donors (Lipinski definition) is 1. The minimum absolute atomic E-state index is 0.375. The topological polar surface area (TPSA) is 34.2 Å². The third kappa shape index (κ3) is 2.94. The summed E-state index contributed by atoms with van der Waals surface area (Å²) in [7, 11) is 0. The highest BCUT2D eigenvalue weighted by Gasteiger charge is 2.18. The van der Waals surface area contributed by atoms with E-state index in [0.29, 0.717) is 12.1 Å². The van der Waals surface area contributed by atoms with Crippen molar-refractivity contribution in [2.24, 2.45) is 0 Å². The molecule has 1 fully saturated rings. The standard InChI is InChI=1S/C16H20N2O/c1-12-10-14(7-9-19-12)18-11-13-6-8-17-16-5-3-2-4-15(13)16/h2-6,8,12,14,18H,7,9-11H2,1H3. The predicted octanol–water partition coefficient (Wildman–Crippen LogP) is 2.89. The molecule has 1 aliphatic rings. The van der Waals surface area contributed by atoms with Crippen LogP contribution in [0.1, 0.15) is 25.3 Å². The van der Waals surface area contributed by atoms with Crippen molar-refractivity contribution in [3.05, 3.63) is 42.1 Å². The molecule has 1 aliphatic heterocycles. The normalized spacial score (nSPS) is 23.6. The van der Waals surface area contributed by atoms with Crippen LogP contribution in [0.2, 0.25) is 0 Å². The zero-order valence-corrected chi connectivity index (χ0v) is 11.3. The third-order valence-electron chi connectivity index (χ3n) is 3.81. The van der Waals surface area contributed by atoms with E-state index in [-0.39, 0.29) is 0 Å². The second-order valence-electron chi connectivity index (χ2n) is 5.27. The molecular formula is C16H20N2O. The van der Waals surface area contributed by atoms with Gasteiger partial charge in [0.15, 0.2) is 0 Å². The number of benzene rings is 1. The highest BCUT2D eigenvalue weighted by molar-refractivity contribution is 5.81. The van der Waals surface area contributed by atoms with E-state index in [2.05, 4.69) is 41.5 Å². The molecule has 1 N–H and O–H groups in total. The quantitative estimate of drug-likeness (QED) is 0.917. The Morgan fingerprint density at radius 1 is 1.32 bits per heavy atom. The summed E-state index contributed by atoms with van der Waals surface area (Å²) in [4.78, 5) is 4.40. The number of fused-ring (bicyclic) bond motifs is 1. The molecule has 2 heterocycles. The van der Waals surface area contributed by atoms with Crippen LogP contribution < -0.4 is 5.32 Å². The zero-order chi connectivity index (χ0) is 13.1. The van der Waals surface area contributed by atoms with E-state index in [0.717, 1.165) is 31.5 Å². The summed E-state index contributed by atoms with van der Waals surface area (Å²) in [6.07, 6.45) is 4.47. The number of nitrogens with one attached hydrogen (secondary N) is 1. The lowest BCUT2D eigenvalue weighted by atomic mass is 10.0. The van der Waals surface area contributed by atoms with Gasteiger partial charge >= 0.3 is 0 Å². The zero-order valence-electron chi connectivity index (χ0n) is 11.3. The van der Waals surface area contributed by atoms with Crippen molar-refractivity contribution in [3.63, 3.8) is 0 Å². The number of rotatable bonds is 3. The molecule has 2 unspecified atom stereocenters. The summed E-state index contributed by atoms with van der Waals surface area (Å²) in [6.45, 7) is 3.92. The summed E-state index contributed by atoms with van der Waals surface area (Å²) in [5.74, 6) is 0. The third-order valence-corrected chi connectivity index (χ3v) is 3.81. The van der Waals surface area contributed by atoms with Gasteiger partial charge in [0.25, 0.3) is 0 Å². The SMILES string of the molecule is CC1CC(NCc2ccnc3ccccc23)CCO1. The van der Waals surface area contributed by atoms with E-state index in [1.807, 2.05) is 12.3 Å². The van der Waals surface area contributed by atoms with Crippen LogP contribution in [-0.2, 0) is 11.3 Å². The van der Waals surface area contributed by atoms with Crippen molar-refractivity contribution in [3.8, 4) is 0 Å². The van der Waals surface area contributed by atoms with Crippen LogP contribution in [0.4, 0.5) is 0 Å². The first-order valence-corrected chi connectivity index (χ1v) is 7.00. The molecule has 100 valence electrons. The van der Waals surface area contributed by atoms with E-state index in [1.165, 1.54) is 10.9 Å². The van der Waals surface area contributed by atoms with Gasteiger partial charge in [-0.05, 0) is 37.5 Å². The largest absolute Gasteiger partial charge is 0.378 e. The maximum Gasteiger partial charge on any atom is 0.0705 e. The number of pyridine rings is 1. The Kier molecular flexibility index (Phi) is 3.76. The van der Waals surface area contributed by atoms with Crippen molar-refractivity contribution in [1.82, 2.24) is 10.3 Å². The molecule has 3 nitrogen and oxygen atoms in total. The highest BCUT2D eigenvalue weighted by atomic mass is 16.5. The molecule has 2 aromatic rings. The average Bonchev–Trinajstić information content (AvgIpc) is 2.45. The Hall–Kier alpha value is -1.45. The fraction of sp³-hybridized carbons (Fsp3) is 0.438. The molecule has 3 heteroatoms. The number of para-hydroxylation sites is 1. The number of ether oxygens (including phenoxy) is 1. The summed E-state index contributed by atoms with van der Waals surface area (Å²) < 4.78 is 5.58. The van der Waals surface area contributed by atoms with E-state index in [1.54, 1.807) is 0 Å². The maximum absolute atomic E-state index is 5.58. The molecule has 19 heavy (non-hydrogen) atoms. The first-order chi connectivity index (χ1) is 9.33. The van der Waals surface area contributed by atoms with Crippen LogP contribution >= 0.6 is 0 Å². The Morgan fingerprint density at radius 2 is 2.21 bits per heavy atom. The molecule has 0 saturated carbocycles. The molecule has 0 aliphatic carbocycles. The fourth-order valence-electron chi connectivity index (χ4n) is 2.75. The summed E-state index contributed by atoms with van der Waals surface area (Å²) in [5.41, 5.74) is 2.40.